The van der Waals surface area contributed by atoms with Gasteiger partial charge in [-0.25, -0.2) is 9.66 Å². The average Bonchev–Trinajstić information content (AvgIpc) is 2.96. The number of ether oxygens (including phenoxy) is 2. The van der Waals surface area contributed by atoms with Gasteiger partial charge >= 0.3 is 11.9 Å². The van der Waals surface area contributed by atoms with Crippen molar-refractivity contribution < 1.29 is 19.1 Å². The number of rotatable bonds is 9. The molecule has 9 nitrogen and oxygen atoms in total. The summed E-state index contributed by atoms with van der Waals surface area (Å²) >= 11 is 0. The summed E-state index contributed by atoms with van der Waals surface area (Å²) in [6, 6.07) is 7.66. The Kier molecular flexibility index (Phi) is 7.55. The molecule has 0 amide bonds. The number of esters is 2. The number of anilines is 2. The van der Waals surface area contributed by atoms with E-state index in [4.69, 9.17) is 15.2 Å². The molecule has 0 aliphatic carbocycles. The van der Waals surface area contributed by atoms with E-state index in [1.165, 1.54) is 18.5 Å². The van der Waals surface area contributed by atoms with Crippen LogP contribution in [0.15, 0.2) is 35.6 Å². The van der Waals surface area contributed by atoms with Crippen LogP contribution in [0.25, 0.3) is 0 Å². The topological polar surface area (TPSA) is 112 Å². The van der Waals surface area contributed by atoms with Crippen molar-refractivity contribution in [3.8, 4) is 0 Å². The molecule has 1 heterocycles. The number of carbonyl (C=O) groups excluding carboxylic acids is 2. The van der Waals surface area contributed by atoms with Gasteiger partial charge in [0.05, 0.1) is 31.2 Å². The molecule has 9 heteroatoms. The third-order valence-corrected chi connectivity index (χ3v) is 3.76. The van der Waals surface area contributed by atoms with Crippen LogP contribution in [0.2, 0.25) is 0 Å². The normalized spacial score (nSPS) is 10.8. The number of nitrogens with zero attached hydrogens (tertiary/aromatic N) is 4. The van der Waals surface area contributed by atoms with Crippen molar-refractivity contribution in [2.45, 2.75) is 20.8 Å². The minimum Gasteiger partial charge on any atom is -0.464 e. The fraction of sp³-hybridized carbons (Fsp3) is 0.368. The fourth-order valence-corrected chi connectivity index (χ4v) is 2.47. The van der Waals surface area contributed by atoms with Crippen LogP contribution in [0.3, 0.4) is 0 Å². The lowest BCUT2D eigenvalue weighted by molar-refractivity contribution is -0.141. The lowest BCUT2D eigenvalue weighted by atomic mass is 10.2. The Morgan fingerprint density at radius 1 is 1.14 bits per heavy atom. The third kappa shape index (κ3) is 6.75. The molecule has 0 unspecified atom stereocenters. The smallest absolute Gasteiger partial charge is 0.302 e. The van der Waals surface area contributed by atoms with E-state index in [1.807, 2.05) is 36.1 Å². The number of aromatic nitrogens is 2. The van der Waals surface area contributed by atoms with Crippen LogP contribution in [0, 0.1) is 6.92 Å². The molecule has 1 aromatic heterocycles. The van der Waals surface area contributed by atoms with Crippen molar-refractivity contribution in [3.63, 3.8) is 0 Å². The molecule has 0 atom stereocenters. The van der Waals surface area contributed by atoms with Crippen molar-refractivity contribution in [3.05, 3.63) is 41.7 Å². The number of benzene rings is 1. The predicted octanol–water partition coefficient (Wildman–Crippen LogP) is 1.59. The van der Waals surface area contributed by atoms with E-state index >= 15 is 0 Å². The van der Waals surface area contributed by atoms with Crippen LogP contribution in [0.4, 0.5) is 11.6 Å². The summed E-state index contributed by atoms with van der Waals surface area (Å²) in [5.41, 5.74) is 8.35. The lowest BCUT2D eigenvalue weighted by Gasteiger charge is -2.24. The van der Waals surface area contributed by atoms with E-state index in [-0.39, 0.29) is 25.2 Å². The van der Waals surface area contributed by atoms with E-state index in [9.17, 15) is 9.59 Å². The van der Waals surface area contributed by atoms with Gasteiger partial charge in [-0.3, -0.25) is 9.59 Å². The Morgan fingerprint density at radius 2 is 1.71 bits per heavy atom. The summed E-state index contributed by atoms with van der Waals surface area (Å²) in [5, 5.41) is 4.28. The van der Waals surface area contributed by atoms with Gasteiger partial charge in [0.15, 0.2) is 0 Å². The van der Waals surface area contributed by atoms with E-state index < -0.39 is 0 Å². The van der Waals surface area contributed by atoms with Crippen LogP contribution < -0.4 is 10.6 Å². The second-order valence-corrected chi connectivity index (χ2v) is 6.09. The molecule has 2 N–H and O–H groups in total. The van der Waals surface area contributed by atoms with Gasteiger partial charge in [0.25, 0.3) is 0 Å². The van der Waals surface area contributed by atoms with Crippen LogP contribution in [-0.4, -0.2) is 54.1 Å². The Morgan fingerprint density at radius 3 is 2.18 bits per heavy atom. The minimum absolute atomic E-state index is 0.248. The molecular weight excluding hydrogens is 362 g/mol. The van der Waals surface area contributed by atoms with Gasteiger partial charge in [0.1, 0.15) is 13.2 Å². The highest BCUT2D eigenvalue weighted by molar-refractivity contribution is 5.80. The number of hydrogen-bond donors (Lipinski definition) is 1. The van der Waals surface area contributed by atoms with E-state index in [1.54, 1.807) is 12.4 Å². The molecule has 0 saturated carbocycles. The molecule has 28 heavy (non-hydrogen) atoms. The highest BCUT2D eigenvalue weighted by Crippen LogP contribution is 2.15. The fourth-order valence-electron chi connectivity index (χ4n) is 2.47. The second-order valence-electron chi connectivity index (χ2n) is 6.09. The number of nitrogens with two attached hydrogens (primary N) is 1. The average molecular weight is 387 g/mol. The van der Waals surface area contributed by atoms with E-state index in [0.717, 1.165) is 16.9 Å². The molecule has 2 aromatic rings. The molecule has 0 saturated heterocycles. The van der Waals surface area contributed by atoms with Crippen molar-refractivity contribution in [1.29, 1.82) is 0 Å². The predicted molar refractivity (Wildman–Crippen MR) is 106 cm³/mol. The Labute approximate surface area is 163 Å². The molecule has 0 fully saturated rings. The van der Waals surface area contributed by atoms with Gasteiger partial charge in [0, 0.05) is 19.5 Å². The number of nitrogen functional groups attached to an aromatic ring is 1. The first-order valence-electron chi connectivity index (χ1n) is 8.82. The van der Waals surface area contributed by atoms with Crippen molar-refractivity contribution in [2.75, 3.05) is 36.9 Å². The molecular formula is C19H25N5O4. The lowest BCUT2D eigenvalue weighted by Crippen LogP contribution is -2.31. The maximum absolute atomic E-state index is 11.0. The SMILES string of the molecule is CC(=O)OCCN(CCOC(C)=O)c1ccc(C=Nn2cc(C)nc2N)cc1. The Hall–Kier alpha value is -3.36. The monoisotopic (exact) mass is 387 g/mol. The standard InChI is InChI=1S/C19H25N5O4/c1-14-13-24(19(20)22-14)21-12-17-4-6-18(7-5-17)23(8-10-27-15(2)25)9-11-28-16(3)26/h4-7,12-13H,8-11H2,1-3H3,(H2,20,22). The molecule has 1 aromatic carbocycles. The summed E-state index contributed by atoms with van der Waals surface area (Å²) in [6.07, 6.45) is 3.43. The zero-order valence-corrected chi connectivity index (χ0v) is 16.3. The van der Waals surface area contributed by atoms with Gasteiger partial charge in [0.2, 0.25) is 5.95 Å². The third-order valence-electron chi connectivity index (χ3n) is 3.76. The highest BCUT2D eigenvalue weighted by atomic mass is 16.5. The number of hydrogen-bond acceptors (Lipinski definition) is 8. The quantitative estimate of drug-likeness (QED) is 0.513. The van der Waals surface area contributed by atoms with Crippen molar-refractivity contribution >= 4 is 29.8 Å². The second kappa shape index (κ2) is 10.1. The van der Waals surface area contributed by atoms with Crippen molar-refractivity contribution in [1.82, 2.24) is 9.66 Å². The molecule has 150 valence electrons. The van der Waals surface area contributed by atoms with Crippen LogP contribution in [0.1, 0.15) is 25.1 Å². The first-order chi connectivity index (χ1) is 13.3. The van der Waals surface area contributed by atoms with Gasteiger partial charge in [-0.15, -0.1) is 0 Å². The Balaban J connectivity index is 2.04. The maximum atomic E-state index is 11.0. The molecule has 0 bridgehead atoms. The number of imidazole rings is 1. The number of aryl methyl sites for hydroxylation is 1. The summed E-state index contributed by atoms with van der Waals surface area (Å²) in [6.45, 7) is 6.04. The highest BCUT2D eigenvalue weighted by Gasteiger charge is 2.08. The summed E-state index contributed by atoms with van der Waals surface area (Å²) in [5.74, 6) is -0.339. The first-order valence-corrected chi connectivity index (χ1v) is 8.82. The van der Waals surface area contributed by atoms with Gasteiger partial charge in [-0.1, -0.05) is 12.1 Å². The summed E-state index contributed by atoms with van der Waals surface area (Å²) in [7, 11) is 0. The van der Waals surface area contributed by atoms with Crippen LogP contribution in [-0.2, 0) is 19.1 Å². The molecule has 0 aliphatic rings. The van der Waals surface area contributed by atoms with Gasteiger partial charge in [-0.05, 0) is 24.6 Å². The van der Waals surface area contributed by atoms with Crippen LogP contribution in [0.5, 0.6) is 0 Å². The number of carbonyl (C=O) groups is 2. The van der Waals surface area contributed by atoms with E-state index in [2.05, 4.69) is 10.1 Å². The Bertz CT molecular complexity index is 809. The van der Waals surface area contributed by atoms with E-state index in [0.29, 0.717) is 19.0 Å². The minimum atomic E-state index is -0.333. The summed E-state index contributed by atoms with van der Waals surface area (Å²) < 4.78 is 11.5. The molecule has 0 aliphatic heterocycles. The zero-order chi connectivity index (χ0) is 20.5. The summed E-state index contributed by atoms with van der Waals surface area (Å²) in [4.78, 5) is 28.0. The molecule has 0 radical (unpaired) electrons. The van der Waals surface area contributed by atoms with Gasteiger partial charge < -0.3 is 20.1 Å². The first kappa shape index (κ1) is 20.9. The zero-order valence-electron chi connectivity index (χ0n) is 16.3. The van der Waals surface area contributed by atoms with Crippen molar-refractivity contribution in [2.24, 2.45) is 5.10 Å². The molecule has 2 rings (SSSR count). The molecule has 0 spiro atoms. The largest absolute Gasteiger partial charge is 0.464 e. The maximum Gasteiger partial charge on any atom is 0.302 e. The van der Waals surface area contributed by atoms with Crippen LogP contribution >= 0.6 is 0 Å². The van der Waals surface area contributed by atoms with Gasteiger partial charge in [-0.2, -0.15) is 5.10 Å².